The minimum absolute atomic E-state index is 0.0532. The number of nitrogens with one attached hydrogen (secondary N) is 1. The van der Waals surface area contributed by atoms with E-state index in [1.807, 2.05) is 42.5 Å². The lowest BCUT2D eigenvalue weighted by molar-refractivity contribution is 0.243. The maximum absolute atomic E-state index is 9.40. The first-order chi connectivity index (χ1) is 8.79. The van der Waals surface area contributed by atoms with Gasteiger partial charge in [0.1, 0.15) is 0 Å². The van der Waals surface area contributed by atoms with Crippen LogP contribution in [-0.2, 0) is 6.54 Å². The third kappa shape index (κ3) is 3.53. The van der Waals surface area contributed by atoms with Gasteiger partial charge in [-0.2, -0.15) is 0 Å². The van der Waals surface area contributed by atoms with Gasteiger partial charge >= 0.3 is 0 Å². The molecule has 1 unspecified atom stereocenters. The molecule has 0 aliphatic rings. The van der Waals surface area contributed by atoms with Crippen molar-refractivity contribution in [2.75, 3.05) is 6.61 Å². The van der Waals surface area contributed by atoms with E-state index in [1.54, 1.807) is 6.20 Å². The van der Waals surface area contributed by atoms with Crippen LogP contribution in [0.3, 0.4) is 0 Å². The molecular weight excluding hydrogens is 248 g/mol. The summed E-state index contributed by atoms with van der Waals surface area (Å²) in [6, 6.07) is 13.5. The number of hydrogen-bond donors (Lipinski definition) is 2. The van der Waals surface area contributed by atoms with Crippen molar-refractivity contribution >= 4 is 11.6 Å². The van der Waals surface area contributed by atoms with Crippen LogP contribution in [0.25, 0.3) is 0 Å². The number of halogens is 1. The van der Waals surface area contributed by atoms with E-state index in [4.69, 9.17) is 11.6 Å². The molecule has 3 nitrogen and oxygen atoms in total. The number of nitrogens with zero attached hydrogens (tertiary/aromatic N) is 1. The summed E-state index contributed by atoms with van der Waals surface area (Å²) in [5.41, 5.74) is 1.96. The van der Waals surface area contributed by atoms with Gasteiger partial charge in [-0.3, -0.25) is 4.98 Å². The number of aliphatic hydroxyl groups is 1. The van der Waals surface area contributed by atoms with Gasteiger partial charge in [-0.05, 0) is 17.7 Å². The van der Waals surface area contributed by atoms with Crippen LogP contribution in [0.5, 0.6) is 0 Å². The van der Waals surface area contributed by atoms with E-state index in [9.17, 15) is 5.11 Å². The highest BCUT2D eigenvalue weighted by Crippen LogP contribution is 2.12. The Morgan fingerprint density at radius 1 is 1.17 bits per heavy atom. The van der Waals surface area contributed by atoms with Crippen molar-refractivity contribution in [1.82, 2.24) is 10.3 Å². The highest BCUT2D eigenvalue weighted by molar-refractivity contribution is 6.30. The van der Waals surface area contributed by atoms with Crippen molar-refractivity contribution in [3.05, 3.63) is 64.9 Å². The van der Waals surface area contributed by atoms with Crippen molar-refractivity contribution in [1.29, 1.82) is 0 Å². The lowest BCUT2D eigenvalue weighted by Gasteiger charge is -2.16. The third-order valence-corrected chi connectivity index (χ3v) is 2.93. The van der Waals surface area contributed by atoms with E-state index >= 15 is 0 Å². The van der Waals surface area contributed by atoms with Crippen molar-refractivity contribution in [3.63, 3.8) is 0 Å². The van der Waals surface area contributed by atoms with E-state index < -0.39 is 0 Å². The van der Waals surface area contributed by atoms with Crippen molar-refractivity contribution in [2.24, 2.45) is 0 Å². The molecule has 2 N–H and O–H groups in total. The zero-order chi connectivity index (χ0) is 12.8. The lowest BCUT2D eigenvalue weighted by Crippen LogP contribution is -2.24. The average molecular weight is 263 g/mol. The minimum Gasteiger partial charge on any atom is -0.394 e. The van der Waals surface area contributed by atoms with Gasteiger partial charge in [0.15, 0.2) is 0 Å². The molecule has 18 heavy (non-hydrogen) atoms. The topological polar surface area (TPSA) is 45.1 Å². The number of hydrogen-bond acceptors (Lipinski definition) is 3. The fraction of sp³-hybridized carbons (Fsp3) is 0.214. The first kappa shape index (κ1) is 13.0. The Hall–Kier alpha value is -1.42. The fourth-order valence-corrected chi connectivity index (χ4v) is 1.82. The predicted molar refractivity (Wildman–Crippen MR) is 72.4 cm³/mol. The molecular formula is C14H15ClN2O. The summed E-state index contributed by atoms with van der Waals surface area (Å²) >= 11 is 5.77. The van der Waals surface area contributed by atoms with Crippen LogP contribution in [-0.4, -0.2) is 16.7 Å². The second kappa shape index (κ2) is 6.50. The van der Waals surface area contributed by atoms with Crippen LogP contribution in [0.4, 0.5) is 0 Å². The molecule has 1 heterocycles. The zero-order valence-electron chi connectivity index (χ0n) is 9.88. The molecule has 0 saturated heterocycles. The fourth-order valence-electron chi connectivity index (χ4n) is 1.71. The molecule has 94 valence electrons. The summed E-state index contributed by atoms with van der Waals surface area (Å²) in [6.07, 6.45) is 1.62. The molecule has 0 radical (unpaired) electrons. The second-order valence-electron chi connectivity index (χ2n) is 3.99. The molecule has 4 heteroatoms. The standard InChI is InChI=1S/C14H15ClN2O/c15-12-6-7-13(16-8-12)9-17-14(10-18)11-4-2-1-3-5-11/h1-8,14,17-18H,9-10H2. The van der Waals surface area contributed by atoms with Crippen LogP contribution in [0, 0.1) is 0 Å². The lowest BCUT2D eigenvalue weighted by atomic mass is 10.1. The Morgan fingerprint density at radius 2 is 1.94 bits per heavy atom. The van der Waals surface area contributed by atoms with Gasteiger partial charge in [0.05, 0.1) is 23.4 Å². The smallest absolute Gasteiger partial charge is 0.0626 e. The Morgan fingerprint density at radius 3 is 2.56 bits per heavy atom. The maximum Gasteiger partial charge on any atom is 0.0626 e. The first-order valence-corrected chi connectivity index (χ1v) is 6.17. The molecule has 0 spiro atoms. The van der Waals surface area contributed by atoms with Gasteiger partial charge in [-0.25, -0.2) is 0 Å². The predicted octanol–water partition coefficient (Wildman–Crippen LogP) is 2.56. The van der Waals surface area contributed by atoms with E-state index in [0.717, 1.165) is 11.3 Å². The average Bonchev–Trinajstić information content (AvgIpc) is 2.43. The number of aliphatic hydroxyl groups excluding tert-OH is 1. The molecule has 0 fully saturated rings. The van der Waals surface area contributed by atoms with Gasteiger partial charge < -0.3 is 10.4 Å². The van der Waals surface area contributed by atoms with Crippen LogP contribution in [0.15, 0.2) is 48.7 Å². The van der Waals surface area contributed by atoms with E-state index in [-0.39, 0.29) is 12.6 Å². The summed E-state index contributed by atoms with van der Waals surface area (Å²) in [5.74, 6) is 0. The Balaban J connectivity index is 1.97. The van der Waals surface area contributed by atoms with Crippen LogP contribution < -0.4 is 5.32 Å². The van der Waals surface area contributed by atoms with E-state index in [2.05, 4.69) is 10.3 Å². The Labute approximate surface area is 111 Å². The van der Waals surface area contributed by atoms with Crippen molar-refractivity contribution in [2.45, 2.75) is 12.6 Å². The molecule has 1 atom stereocenters. The van der Waals surface area contributed by atoms with Gasteiger partial charge in [-0.1, -0.05) is 41.9 Å². The highest BCUT2D eigenvalue weighted by atomic mass is 35.5. The molecule has 2 rings (SSSR count). The van der Waals surface area contributed by atoms with Gasteiger partial charge in [0.2, 0.25) is 0 Å². The molecule has 0 saturated carbocycles. The number of pyridine rings is 1. The summed E-state index contributed by atoms with van der Waals surface area (Å²) in [6.45, 7) is 0.648. The Kier molecular flexibility index (Phi) is 4.70. The quantitative estimate of drug-likeness (QED) is 0.871. The largest absolute Gasteiger partial charge is 0.394 e. The molecule has 2 aromatic rings. The molecule has 0 amide bonds. The normalized spacial score (nSPS) is 12.3. The third-order valence-electron chi connectivity index (χ3n) is 2.70. The van der Waals surface area contributed by atoms with Gasteiger partial charge in [0, 0.05) is 12.7 Å². The number of rotatable bonds is 5. The SMILES string of the molecule is OCC(NCc1ccc(Cl)cn1)c1ccccc1. The van der Waals surface area contributed by atoms with Crippen LogP contribution in [0.1, 0.15) is 17.3 Å². The Bertz CT molecular complexity index is 473. The minimum atomic E-state index is -0.0799. The monoisotopic (exact) mass is 262 g/mol. The van der Waals surface area contributed by atoms with Crippen molar-refractivity contribution in [3.8, 4) is 0 Å². The molecule has 1 aromatic carbocycles. The van der Waals surface area contributed by atoms with E-state index in [1.165, 1.54) is 0 Å². The summed E-state index contributed by atoms with van der Waals surface area (Å²) in [7, 11) is 0. The number of benzene rings is 1. The number of aromatic nitrogens is 1. The summed E-state index contributed by atoms with van der Waals surface area (Å²) in [4.78, 5) is 4.20. The molecule has 0 bridgehead atoms. The zero-order valence-corrected chi connectivity index (χ0v) is 10.6. The highest BCUT2D eigenvalue weighted by Gasteiger charge is 2.09. The summed E-state index contributed by atoms with van der Waals surface area (Å²) in [5, 5.41) is 13.3. The second-order valence-corrected chi connectivity index (χ2v) is 4.43. The first-order valence-electron chi connectivity index (χ1n) is 5.79. The van der Waals surface area contributed by atoms with E-state index in [0.29, 0.717) is 11.6 Å². The van der Waals surface area contributed by atoms with Crippen LogP contribution in [0.2, 0.25) is 5.02 Å². The molecule has 0 aliphatic carbocycles. The molecule has 1 aromatic heterocycles. The van der Waals surface area contributed by atoms with Gasteiger partial charge in [0.25, 0.3) is 0 Å². The maximum atomic E-state index is 9.40. The van der Waals surface area contributed by atoms with Crippen LogP contribution >= 0.6 is 11.6 Å². The van der Waals surface area contributed by atoms with Crippen molar-refractivity contribution < 1.29 is 5.11 Å². The molecule has 0 aliphatic heterocycles. The van der Waals surface area contributed by atoms with Gasteiger partial charge in [-0.15, -0.1) is 0 Å². The summed E-state index contributed by atoms with van der Waals surface area (Å²) < 4.78 is 0.